The Morgan fingerprint density at radius 2 is 2.00 bits per heavy atom. The Morgan fingerprint density at radius 3 is 2.79 bits per heavy atom. The monoisotopic (exact) mass is 490 g/mol. The number of hydrogen-bond donors (Lipinski definition) is 1. The second-order valence-corrected chi connectivity index (χ2v) is 8.19. The van der Waals surface area contributed by atoms with Gasteiger partial charge in [0.25, 0.3) is 0 Å². The molecule has 0 unspecified atom stereocenters. The first-order valence-corrected chi connectivity index (χ1v) is 10.8. The highest BCUT2D eigenvalue weighted by molar-refractivity contribution is 9.10. The number of thiophene rings is 1. The van der Waals surface area contributed by atoms with E-state index < -0.39 is 0 Å². The van der Waals surface area contributed by atoms with E-state index in [1.807, 2.05) is 29.6 Å². The molecule has 0 aliphatic carbocycles. The maximum absolute atomic E-state index is 6.25. The molecule has 4 aromatic rings. The zero-order chi connectivity index (χ0) is 20.2. The fraction of sp³-hybridized carbons (Fsp3) is 0.150. The first kappa shape index (κ1) is 19.9. The van der Waals surface area contributed by atoms with Gasteiger partial charge < -0.3 is 14.8 Å². The number of rotatable bonds is 7. The van der Waals surface area contributed by atoms with Gasteiger partial charge in [-0.05, 0) is 40.0 Å². The van der Waals surface area contributed by atoms with E-state index in [9.17, 15) is 0 Å². The second-order valence-electron chi connectivity index (χ2n) is 6.07. The van der Waals surface area contributed by atoms with E-state index in [0.717, 1.165) is 39.2 Å². The van der Waals surface area contributed by atoms with Crippen molar-refractivity contribution in [1.82, 2.24) is 15.0 Å². The fourth-order valence-corrected chi connectivity index (χ4v) is 4.17. The van der Waals surface area contributed by atoms with E-state index in [1.165, 1.54) is 16.9 Å². The van der Waals surface area contributed by atoms with Gasteiger partial charge in [-0.15, -0.1) is 11.3 Å². The number of anilines is 1. The van der Waals surface area contributed by atoms with Crippen molar-refractivity contribution < 1.29 is 9.47 Å². The molecule has 3 aromatic heterocycles. The van der Waals surface area contributed by atoms with Crippen molar-refractivity contribution in [1.29, 1.82) is 0 Å². The zero-order valence-corrected chi connectivity index (χ0v) is 18.5. The SMILES string of the molecule is COc1cc(Oc2ccc(CCNc3ncnc4scc(Cl)c34)cc2)c(Br)cn1. The van der Waals surface area contributed by atoms with Crippen LogP contribution >= 0.6 is 38.9 Å². The predicted molar refractivity (Wildman–Crippen MR) is 120 cm³/mol. The Labute approximate surface area is 185 Å². The van der Waals surface area contributed by atoms with Gasteiger partial charge in [0.2, 0.25) is 5.88 Å². The number of benzene rings is 1. The largest absolute Gasteiger partial charge is 0.481 e. The van der Waals surface area contributed by atoms with Crippen LogP contribution in [0.15, 0.2) is 52.7 Å². The van der Waals surface area contributed by atoms with E-state index in [1.54, 1.807) is 25.7 Å². The van der Waals surface area contributed by atoms with E-state index in [0.29, 0.717) is 16.7 Å². The first-order chi connectivity index (χ1) is 14.1. The Bertz CT molecular complexity index is 1140. The smallest absolute Gasteiger partial charge is 0.216 e. The normalized spacial score (nSPS) is 10.9. The molecule has 29 heavy (non-hydrogen) atoms. The summed E-state index contributed by atoms with van der Waals surface area (Å²) in [5.41, 5.74) is 1.18. The number of halogens is 2. The quantitative estimate of drug-likeness (QED) is 0.344. The number of methoxy groups -OCH3 is 1. The molecule has 4 rings (SSSR count). The Hall–Kier alpha value is -2.42. The van der Waals surface area contributed by atoms with Crippen molar-refractivity contribution in [2.75, 3.05) is 19.0 Å². The van der Waals surface area contributed by atoms with Crippen LogP contribution in [0.1, 0.15) is 5.56 Å². The maximum atomic E-state index is 6.25. The van der Waals surface area contributed by atoms with Crippen LogP contribution in [0, 0.1) is 0 Å². The molecule has 0 saturated carbocycles. The molecule has 1 N–H and O–H groups in total. The summed E-state index contributed by atoms with van der Waals surface area (Å²) in [4.78, 5) is 13.6. The molecular formula is C20H16BrClN4O2S. The number of fused-ring (bicyclic) bond motifs is 1. The zero-order valence-electron chi connectivity index (χ0n) is 15.4. The van der Waals surface area contributed by atoms with Crippen molar-refractivity contribution in [3.8, 4) is 17.4 Å². The molecule has 0 amide bonds. The lowest BCUT2D eigenvalue weighted by atomic mass is 10.1. The van der Waals surface area contributed by atoms with Crippen molar-refractivity contribution >= 4 is 54.9 Å². The van der Waals surface area contributed by atoms with E-state index >= 15 is 0 Å². The average Bonchev–Trinajstić information content (AvgIpc) is 3.13. The standard InChI is InChI=1S/C20H16BrClN4O2S/c1-27-17-8-16(14(21)9-24-17)28-13-4-2-12(3-5-13)6-7-23-19-18-15(22)10-29-20(18)26-11-25-19/h2-5,8-11H,6-7H2,1H3,(H,23,25,26). The van der Waals surface area contributed by atoms with Gasteiger partial charge in [-0.25, -0.2) is 15.0 Å². The number of pyridine rings is 1. The molecular weight excluding hydrogens is 476 g/mol. The molecule has 0 radical (unpaired) electrons. The molecule has 148 valence electrons. The summed E-state index contributed by atoms with van der Waals surface area (Å²) >= 11 is 11.2. The fourth-order valence-electron chi connectivity index (χ4n) is 2.74. The van der Waals surface area contributed by atoms with Gasteiger partial charge in [0, 0.05) is 24.2 Å². The molecule has 0 spiro atoms. The summed E-state index contributed by atoms with van der Waals surface area (Å²) in [6.07, 6.45) is 4.04. The summed E-state index contributed by atoms with van der Waals surface area (Å²) < 4.78 is 11.8. The van der Waals surface area contributed by atoms with Crippen molar-refractivity contribution in [3.05, 3.63) is 63.3 Å². The van der Waals surface area contributed by atoms with Crippen molar-refractivity contribution in [2.45, 2.75) is 6.42 Å². The molecule has 0 aliphatic rings. The van der Waals surface area contributed by atoms with Crippen LogP contribution in [0.3, 0.4) is 0 Å². The highest BCUT2D eigenvalue weighted by Gasteiger charge is 2.10. The molecule has 0 bridgehead atoms. The number of aromatic nitrogens is 3. The van der Waals surface area contributed by atoms with E-state index in [2.05, 4.69) is 36.2 Å². The van der Waals surface area contributed by atoms with Crippen LogP contribution in [0.25, 0.3) is 10.2 Å². The van der Waals surface area contributed by atoms with Gasteiger partial charge in [-0.2, -0.15) is 0 Å². The lowest BCUT2D eigenvalue weighted by Crippen LogP contribution is -2.06. The second kappa shape index (κ2) is 8.94. The van der Waals surface area contributed by atoms with E-state index in [4.69, 9.17) is 21.1 Å². The number of ether oxygens (including phenoxy) is 2. The van der Waals surface area contributed by atoms with Crippen LogP contribution in [0.4, 0.5) is 5.82 Å². The van der Waals surface area contributed by atoms with Gasteiger partial charge >= 0.3 is 0 Å². The van der Waals surface area contributed by atoms with Crippen LogP contribution in [-0.2, 0) is 6.42 Å². The molecule has 0 aliphatic heterocycles. The summed E-state index contributed by atoms with van der Waals surface area (Å²) in [5, 5.41) is 6.78. The highest BCUT2D eigenvalue weighted by Crippen LogP contribution is 2.33. The van der Waals surface area contributed by atoms with E-state index in [-0.39, 0.29) is 0 Å². The molecule has 1 aromatic carbocycles. The summed E-state index contributed by atoms with van der Waals surface area (Å²) in [7, 11) is 1.57. The van der Waals surface area contributed by atoms with Crippen molar-refractivity contribution in [3.63, 3.8) is 0 Å². The third-order valence-electron chi connectivity index (χ3n) is 4.19. The number of hydrogen-bond acceptors (Lipinski definition) is 7. The summed E-state index contributed by atoms with van der Waals surface area (Å²) in [5.74, 6) is 2.64. The van der Waals surface area contributed by atoms with Crippen LogP contribution < -0.4 is 14.8 Å². The average molecular weight is 492 g/mol. The third-order valence-corrected chi connectivity index (χ3v) is 6.10. The Balaban J connectivity index is 1.38. The summed E-state index contributed by atoms with van der Waals surface area (Å²) in [6.45, 7) is 0.728. The Kier molecular flexibility index (Phi) is 6.13. The van der Waals surface area contributed by atoms with Crippen LogP contribution in [0.5, 0.6) is 17.4 Å². The molecule has 0 fully saturated rings. The van der Waals surface area contributed by atoms with Crippen LogP contribution in [-0.4, -0.2) is 28.6 Å². The summed E-state index contributed by atoms with van der Waals surface area (Å²) in [6, 6.07) is 9.69. The first-order valence-electron chi connectivity index (χ1n) is 8.72. The lowest BCUT2D eigenvalue weighted by molar-refractivity contribution is 0.391. The minimum Gasteiger partial charge on any atom is -0.481 e. The minimum atomic E-state index is 0.496. The maximum Gasteiger partial charge on any atom is 0.216 e. The van der Waals surface area contributed by atoms with Gasteiger partial charge in [0.05, 0.1) is 22.0 Å². The topological polar surface area (TPSA) is 69.2 Å². The van der Waals surface area contributed by atoms with Gasteiger partial charge in [0.15, 0.2) is 0 Å². The molecule has 9 heteroatoms. The highest BCUT2D eigenvalue weighted by atomic mass is 79.9. The third kappa shape index (κ3) is 4.60. The Morgan fingerprint density at radius 1 is 1.17 bits per heavy atom. The van der Waals surface area contributed by atoms with Gasteiger partial charge in [0.1, 0.15) is 28.5 Å². The van der Waals surface area contributed by atoms with Crippen molar-refractivity contribution in [2.24, 2.45) is 0 Å². The predicted octanol–water partition coefficient (Wildman–Crippen LogP) is 5.96. The molecule has 0 saturated heterocycles. The number of nitrogens with zero attached hydrogens (tertiary/aromatic N) is 3. The lowest BCUT2D eigenvalue weighted by Gasteiger charge is -2.10. The van der Waals surface area contributed by atoms with Gasteiger partial charge in [-0.3, -0.25) is 0 Å². The van der Waals surface area contributed by atoms with Crippen LogP contribution in [0.2, 0.25) is 5.02 Å². The molecule has 0 atom stereocenters. The van der Waals surface area contributed by atoms with Gasteiger partial charge in [-0.1, -0.05) is 23.7 Å². The number of nitrogens with one attached hydrogen (secondary N) is 1. The molecule has 6 nitrogen and oxygen atoms in total. The molecule has 3 heterocycles. The minimum absolute atomic E-state index is 0.496.